The molecule has 2 atom stereocenters. The third kappa shape index (κ3) is 3.12. The van der Waals surface area contributed by atoms with Gasteiger partial charge in [-0.25, -0.2) is 0 Å². The first kappa shape index (κ1) is 14.0. The molecule has 1 saturated carbocycles. The van der Waals surface area contributed by atoms with Crippen molar-refractivity contribution in [3.05, 3.63) is 0 Å². The number of carbonyl (C=O) groups excluding carboxylic acids is 1. The van der Waals surface area contributed by atoms with Gasteiger partial charge >= 0.3 is 0 Å². The maximum atomic E-state index is 11.6. The van der Waals surface area contributed by atoms with Crippen LogP contribution in [0.4, 0.5) is 0 Å². The highest BCUT2D eigenvalue weighted by Crippen LogP contribution is 2.40. The van der Waals surface area contributed by atoms with Crippen molar-refractivity contribution in [2.24, 2.45) is 5.92 Å². The highest BCUT2D eigenvalue weighted by atomic mass is 16.7. The van der Waals surface area contributed by atoms with E-state index < -0.39 is 0 Å². The molecule has 0 aromatic heterocycles. The third-order valence-electron chi connectivity index (χ3n) is 4.43. The first-order valence-corrected chi connectivity index (χ1v) is 7.52. The molecule has 104 valence electrons. The van der Waals surface area contributed by atoms with Gasteiger partial charge in [0.25, 0.3) is 0 Å². The summed E-state index contributed by atoms with van der Waals surface area (Å²) in [6.45, 7) is 4.75. The molecule has 2 fully saturated rings. The zero-order valence-corrected chi connectivity index (χ0v) is 11.7. The first-order chi connectivity index (χ1) is 8.69. The van der Waals surface area contributed by atoms with Gasteiger partial charge in [0.15, 0.2) is 5.79 Å². The summed E-state index contributed by atoms with van der Waals surface area (Å²) in [7, 11) is 0. The van der Waals surface area contributed by atoms with Gasteiger partial charge in [-0.2, -0.15) is 0 Å². The van der Waals surface area contributed by atoms with E-state index in [2.05, 4.69) is 6.92 Å². The summed E-state index contributed by atoms with van der Waals surface area (Å²) < 4.78 is 12.2. The molecule has 1 spiro atoms. The van der Waals surface area contributed by atoms with Crippen molar-refractivity contribution in [1.82, 2.24) is 0 Å². The maximum absolute atomic E-state index is 11.6. The average molecular weight is 254 g/mol. The fourth-order valence-corrected chi connectivity index (χ4v) is 3.14. The van der Waals surface area contributed by atoms with Crippen LogP contribution in [0.15, 0.2) is 0 Å². The van der Waals surface area contributed by atoms with Gasteiger partial charge in [-0.05, 0) is 18.8 Å². The largest absolute Gasteiger partial charge is 0.347 e. The lowest BCUT2D eigenvalue weighted by atomic mass is 9.92. The molecule has 0 N–H and O–H groups in total. The lowest BCUT2D eigenvalue weighted by Gasteiger charge is -2.32. The fraction of sp³-hybridized carbons (Fsp3) is 0.933. The Kier molecular flexibility index (Phi) is 4.79. The Bertz CT molecular complexity index is 281. The predicted octanol–water partition coefficient (Wildman–Crippen LogP) is 3.46. The Morgan fingerprint density at radius 1 is 1.28 bits per heavy atom. The number of rotatable bonds is 5. The van der Waals surface area contributed by atoms with Gasteiger partial charge in [0.1, 0.15) is 5.78 Å². The second-order valence-electron chi connectivity index (χ2n) is 5.70. The summed E-state index contributed by atoms with van der Waals surface area (Å²) in [5.74, 6) is 0.375. The minimum Gasteiger partial charge on any atom is -0.347 e. The Labute approximate surface area is 110 Å². The van der Waals surface area contributed by atoms with Gasteiger partial charge in [0, 0.05) is 25.7 Å². The molecule has 1 heterocycles. The molecule has 1 aliphatic heterocycles. The monoisotopic (exact) mass is 254 g/mol. The molecular formula is C15H26O3. The molecular weight excluding hydrogens is 228 g/mol. The second-order valence-corrected chi connectivity index (χ2v) is 5.70. The van der Waals surface area contributed by atoms with Crippen molar-refractivity contribution in [1.29, 1.82) is 0 Å². The van der Waals surface area contributed by atoms with Crippen LogP contribution in [0.5, 0.6) is 0 Å². The maximum Gasteiger partial charge on any atom is 0.168 e. The minimum absolute atomic E-state index is 0.128. The van der Waals surface area contributed by atoms with E-state index >= 15 is 0 Å². The minimum atomic E-state index is -0.300. The zero-order valence-electron chi connectivity index (χ0n) is 11.7. The molecule has 0 amide bonds. The van der Waals surface area contributed by atoms with Crippen LogP contribution in [0, 0.1) is 5.92 Å². The third-order valence-corrected chi connectivity index (χ3v) is 4.43. The van der Waals surface area contributed by atoms with E-state index in [4.69, 9.17) is 9.47 Å². The van der Waals surface area contributed by atoms with E-state index in [1.807, 2.05) is 6.92 Å². The van der Waals surface area contributed by atoms with Crippen molar-refractivity contribution in [3.63, 3.8) is 0 Å². The van der Waals surface area contributed by atoms with Gasteiger partial charge in [0.2, 0.25) is 0 Å². The lowest BCUT2D eigenvalue weighted by molar-refractivity contribution is -0.192. The van der Waals surface area contributed by atoms with Crippen molar-refractivity contribution >= 4 is 5.78 Å². The Morgan fingerprint density at radius 2 is 2.00 bits per heavy atom. The lowest BCUT2D eigenvalue weighted by Crippen LogP contribution is -2.34. The van der Waals surface area contributed by atoms with E-state index in [0.717, 1.165) is 19.3 Å². The summed E-state index contributed by atoms with van der Waals surface area (Å²) in [6.07, 6.45) is 8.17. The highest BCUT2D eigenvalue weighted by Gasteiger charge is 2.44. The number of ketones is 1. The van der Waals surface area contributed by atoms with Crippen LogP contribution < -0.4 is 0 Å². The van der Waals surface area contributed by atoms with E-state index in [0.29, 0.717) is 31.1 Å². The van der Waals surface area contributed by atoms with Crippen LogP contribution in [0.25, 0.3) is 0 Å². The molecule has 18 heavy (non-hydrogen) atoms. The normalized spacial score (nSPS) is 28.4. The Balaban J connectivity index is 1.91. The van der Waals surface area contributed by atoms with Gasteiger partial charge in [-0.15, -0.1) is 0 Å². The van der Waals surface area contributed by atoms with Crippen molar-refractivity contribution < 1.29 is 14.3 Å². The predicted molar refractivity (Wildman–Crippen MR) is 70.3 cm³/mol. The number of hydrogen-bond acceptors (Lipinski definition) is 3. The number of hydrogen-bond donors (Lipinski definition) is 0. The van der Waals surface area contributed by atoms with E-state index in [1.54, 1.807) is 0 Å². The number of ether oxygens (including phenoxy) is 2. The molecule has 1 saturated heterocycles. The molecule has 0 aromatic carbocycles. The summed E-state index contributed by atoms with van der Waals surface area (Å²) in [5, 5.41) is 0. The molecule has 3 heteroatoms. The summed E-state index contributed by atoms with van der Waals surface area (Å²) in [5.41, 5.74) is 0. The zero-order chi connectivity index (χ0) is 13.0. The molecule has 1 aliphatic carbocycles. The molecule has 2 rings (SSSR count). The van der Waals surface area contributed by atoms with Gasteiger partial charge < -0.3 is 9.47 Å². The standard InChI is InChI=1S/C15H26O3/c1-3-12(10-13(16)4-2)14-11-17-15(18-14)8-6-5-7-9-15/h12,14H,3-11H2,1-2H3/t12-,14-/m1/s1. The fourth-order valence-electron chi connectivity index (χ4n) is 3.14. The molecule has 0 unspecified atom stereocenters. The summed E-state index contributed by atoms with van der Waals surface area (Å²) in [4.78, 5) is 11.6. The highest BCUT2D eigenvalue weighted by molar-refractivity contribution is 5.78. The molecule has 0 aromatic rings. The van der Waals surface area contributed by atoms with Crippen LogP contribution in [-0.4, -0.2) is 24.3 Å². The molecule has 3 nitrogen and oxygen atoms in total. The van der Waals surface area contributed by atoms with Crippen molar-refractivity contribution in [3.8, 4) is 0 Å². The van der Waals surface area contributed by atoms with Crippen molar-refractivity contribution in [2.45, 2.75) is 77.1 Å². The van der Waals surface area contributed by atoms with Crippen LogP contribution in [-0.2, 0) is 14.3 Å². The van der Waals surface area contributed by atoms with Crippen LogP contribution in [0.2, 0.25) is 0 Å². The average Bonchev–Trinajstić information content (AvgIpc) is 2.80. The van der Waals surface area contributed by atoms with E-state index in [1.165, 1.54) is 19.3 Å². The van der Waals surface area contributed by atoms with Crippen LogP contribution in [0.3, 0.4) is 0 Å². The molecule has 0 bridgehead atoms. The molecule has 2 aliphatic rings. The van der Waals surface area contributed by atoms with E-state index in [9.17, 15) is 4.79 Å². The topological polar surface area (TPSA) is 35.5 Å². The SMILES string of the molecule is CCC(=O)C[C@@H](CC)[C@H]1COC2(CCCCC2)O1. The first-order valence-electron chi connectivity index (χ1n) is 7.52. The van der Waals surface area contributed by atoms with Crippen LogP contribution >= 0.6 is 0 Å². The second kappa shape index (κ2) is 6.16. The smallest absolute Gasteiger partial charge is 0.168 e. The number of Topliss-reactive ketones (excluding diaryl/α,β-unsaturated/α-hetero) is 1. The van der Waals surface area contributed by atoms with Crippen molar-refractivity contribution in [2.75, 3.05) is 6.61 Å². The van der Waals surface area contributed by atoms with E-state index in [-0.39, 0.29) is 11.9 Å². The summed E-state index contributed by atoms with van der Waals surface area (Å²) in [6, 6.07) is 0. The number of carbonyl (C=O) groups is 1. The quantitative estimate of drug-likeness (QED) is 0.753. The molecule has 0 radical (unpaired) electrons. The van der Waals surface area contributed by atoms with Gasteiger partial charge in [-0.1, -0.05) is 26.7 Å². The Morgan fingerprint density at radius 3 is 2.61 bits per heavy atom. The van der Waals surface area contributed by atoms with Crippen LogP contribution in [0.1, 0.15) is 65.2 Å². The Hall–Kier alpha value is -0.410. The van der Waals surface area contributed by atoms with Gasteiger partial charge in [0.05, 0.1) is 12.7 Å². The summed E-state index contributed by atoms with van der Waals surface area (Å²) >= 11 is 0. The van der Waals surface area contributed by atoms with Gasteiger partial charge in [-0.3, -0.25) is 4.79 Å².